The van der Waals surface area contributed by atoms with E-state index >= 15 is 0 Å². The molecule has 7 nitrogen and oxygen atoms in total. The molecule has 8 heteroatoms. The topological polar surface area (TPSA) is 91.3 Å². The lowest BCUT2D eigenvalue weighted by atomic mass is 10.2. The summed E-state index contributed by atoms with van der Waals surface area (Å²) in [5.74, 6) is -0.709. The number of benzene rings is 1. The lowest BCUT2D eigenvalue weighted by molar-refractivity contribution is -0.150. The molecule has 1 aromatic carbocycles. The Balaban J connectivity index is 1.86. The van der Waals surface area contributed by atoms with Crippen molar-refractivity contribution in [3.63, 3.8) is 0 Å². The SMILES string of the molecule is O=C(O)C1CN(c2ncnc3[nH]c4cc(F)ccc4c23)CCO1. The van der Waals surface area contributed by atoms with Gasteiger partial charge in [0.1, 0.15) is 23.6 Å². The van der Waals surface area contributed by atoms with Crippen molar-refractivity contribution in [2.75, 3.05) is 24.6 Å². The van der Waals surface area contributed by atoms with E-state index in [2.05, 4.69) is 15.0 Å². The zero-order valence-electron chi connectivity index (χ0n) is 12.0. The van der Waals surface area contributed by atoms with Crippen LogP contribution >= 0.6 is 0 Å². The van der Waals surface area contributed by atoms with Crippen molar-refractivity contribution in [1.29, 1.82) is 0 Å². The predicted octanol–water partition coefficient (Wildman–Crippen LogP) is 1.54. The maximum atomic E-state index is 13.4. The first kappa shape index (κ1) is 13.9. The van der Waals surface area contributed by atoms with Crippen LogP contribution in [0.5, 0.6) is 0 Å². The quantitative estimate of drug-likeness (QED) is 0.745. The molecule has 118 valence electrons. The van der Waals surface area contributed by atoms with Crippen LogP contribution in [-0.4, -0.2) is 51.8 Å². The van der Waals surface area contributed by atoms with E-state index in [0.29, 0.717) is 30.1 Å². The normalized spacial score (nSPS) is 18.7. The van der Waals surface area contributed by atoms with Gasteiger partial charge in [0, 0.05) is 11.9 Å². The molecule has 0 spiro atoms. The zero-order chi connectivity index (χ0) is 16.0. The fraction of sp³-hybridized carbons (Fsp3) is 0.267. The summed E-state index contributed by atoms with van der Waals surface area (Å²) in [7, 11) is 0. The summed E-state index contributed by atoms with van der Waals surface area (Å²) in [5.41, 5.74) is 1.22. The molecular formula is C15H13FN4O3. The van der Waals surface area contributed by atoms with Gasteiger partial charge in [0.2, 0.25) is 0 Å². The third-order valence-corrected chi connectivity index (χ3v) is 3.97. The molecule has 1 saturated heterocycles. The largest absolute Gasteiger partial charge is 0.479 e. The van der Waals surface area contributed by atoms with E-state index in [4.69, 9.17) is 9.84 Å². The lowest BCUT2D eigenvalue weighted by Gasteiger charge is -2.31. The second-order valence-corrected chi connectivity index (χ2v) is 5.38. The van der Waals surface area contributed by atoms with E-state index < -0.39 is 12.1 Å². The highest BCUT2D eigenvalue weighted by atomic mass is 19.1. The average Bonchev–Trinajstić information content (AvgIpc) is 2.92. The number of H-pyrrole nitrogens is 1. The molecule has 3 heterocycles. The monoisotopic (exact) mass is 316 g/mol. The van der Waals surface area contributed by atoms with E-state index in [1.165, 1.54) is 18.5 Å². The van der Waals surface area contributed by atoms with Crippen molar-refractivity contribution in [3.8, 4) is 0 Å². The highest BCUT2D eigenvalue weighted by molar-refractivity contribution is 6.11. The molecule has 4 rings (SSSR count). The fourth-order valence-corrected chi connectivity index (χ4v) is 2.92. The molecule has 0 aliphatic carbocycles. The second-order valence-electron chi connectivity index (χ2n) is 5.38. The standard InChI is InChI=1S/C15H13FN4O3/c16-8-1-2-9-10(5-8)19-13-12(9)14(18-7-17-13)20-3-4-23-11(6-20)15(21)22/h1-2,5,7,11H,3-4,6H2,(H,21,22)(H,17,18,19). The van der Waals surface area contributed by atoms with Gasteiger partial charge in [-0.15, -0.1) is 0 Å². The summed E-state index contributed by atoms with van der Waals surface area (Å²) in [5, 5.41) is 10.7. The fourth-order valence-electron chi connectivity index (χ4n) is 2.92. The third-order valence-electron chi connectivity index (χ3n) is 3.97. The molecular weight excluding hydrogens is 303 g/mol. The summed E-state index contributed by atoms with van der Waals surface area (Å²) in [6.07, 6.45) is 0.519. The maximum absolute atomic E-state index is 13.4. The first-order valence-electron chi connectivity index (χ1n) is 7.15. The first-order chi connectivity index (χ1) is 11.1. The van der Waals surface area contributed by atoms with Crippen LogP contribution in [0.1, 0.15) is 0 Å². The van der Waals surface area contributed by atoms with Crippen LogP contribution in [0.2, 0.25) is 0 Å². The van der Waals surface area contributed by atoms with Crippen LogP contribution in [0, 0.1) is 5.82 Å². The Morgan fingerprint density at radius 2 is 2.30 bits per heavy atom. The van der Waals surface area contributed by atoms with Gasteiger partial charge >= 0.3 is 5.97 Å². The minimum atomic E-state index is -0.999. The molecule has 1 atom stereocenters. The highest BCUT2D eigenvalue weighted by Crippen LogP contribution is 2.32. The molecule has 0 bridgehead atoms. The number of nitrogens with zero attached hydrogens (tertiary/aromatic N) is 3. The second kappa shape index (κ2) is 5.17. The Morgan fingerprint density at radius 3 is 3.13 bits per heavy atom. The van der Waals surface area contributed by atoms with Crippen LogP contribution in [0.3, 0.4) is 0 Å². The van der Waals surface area contributed by atoms with Crippen LogP contribution < -0.4 is 4.90 Å². The summed E-state index contributed by atoms with van der Waals surface area (Å²) in [6.45, 7) is 1.04. The van der Waals surface area contributed by atoms with E-state index in [0.717, 1.165) is 10.8 Å². The van der Waals surface area contributed by atoms with Crippen molar-refractivity contribution in [3.05, 3.63) is 30.3 Å². The summed E-state index contributed by atoms with van der Waals surface area (Å²) in [4.78, 5) is 24.6. The number of hydrogen-bond acceptors (Lipinski definition) is 5. The number of carboxylic acids is 1. The molecule has 0 amide bonds. The van der Waals surface area contributed by atoms with Crippen molar-refractivity contribution in [2.24, 2.45) is 0 Å². The molecule has 1 aliphatic rings. The Kier molecular flexibility index (Phi) is 3.12. The van der Waals surface area contributed by atoms with Gasteiger partial charge < -0.3 is 19.7 Å². The molecule has 2 N–H and O–H groups in total. The summed E-state index contributed by atoms with van der Waals surface area (Å²) >= 11 is 0. The number of halogens is 1. The predicted molar refractivity (Wildman–Crippen MR) is 80.9 cm³/mol. The molecule has 3 aromatic rings. The van der Waals surface area contributed by atoms with E-state index in [1.807, 2.05) is 4.90 Å². The molecule has 0 saturated carbocycles. The van der Waals surface area contributed by atoms with Gasteiger partial charge in [-0.1, -0.05) is 0 Å². The number of rotatable bonds is 2. The van der Waals surface area contributed by atoms with Gasteiger partial charge in [-0.25, -0.2) is 19.2 Å². The van der Waals surface area contributed by atoms with Gasteiger partial charge in [0.25, 0.3) is 0 Å². The van der Waals surface area contributed by atoms with Crippen molar-refractivity contribution in [2.45, 2.75) is 6.10 Å². The third kappa shape index (κ3) is 2.27. The zero-order valence-corrected chi connectivity index (χ0v) is 12.0. The number of hydrogen-bond donors (Lipinski definition) is 2. The Labute approximate surface area is 129 Å². The highest BCUT2D eigenvalue weighted by Gasteiger charge is 2.28. The number of carbonyl (C=O) groups is 1. The summed E-state index contributed by atoms with van der Waals surface area (Å²) in [6, 6.07) is 4.46. The van der Waals surface area contributed by atoms with Gasteiger partial charge in [-0.05, 0) is 18.2 Å². The number of aliphatic carboxylic acids is 1. The van der Waals surface area contributed by atoms with Crippen LogP contribution in [0.25, 0.3) is 21.9 Å². The van der Waals surface area contributed by atoms with E-state index in [-0.39, 0.29) is 12.4 Å². The Hall–Kier alpha value is -2.74. The summed E-state index contributed by atoms with van der Waals surface area (Å²) < 4.78 is 18.7. The number of morpholine rings is 1. The minimum Gasteiger partial charge on any atom is -0.479 e. The molecule has 0 radical (unpaired) electrons. The van der Waals surface area contributed by atoms with Crippen molar-refractivity contribution in [1.82, 2.24) is 15.0 Å². The van der Waals surface area contributed by atoms with E-state index in [1.54, 1.807) is 6.07 Å². The number of anilines is 1. The van der Waals surface area contributed by atoms with Gasteiger partial charge in [0.15, 0.2) is 6.10 Å². The number of nitrogens with one attached hydrogen (secondary N) is 1. The molecule has 1 fully saturated rings. The Bertz CT molecular complexity index is 910. The van der Waals surface area contributed by atoms with Gasteiger partial charge in [-0.3, -0.25) is 0 Å². The van der Waals surface area contributed by atoms with Crippen molar-refractivity contribution >= 4 is 33.7 Å². The lowest BCUT2D eigenvalue weighted by Crippen LogP contribution is -2.46. The smallest absolute Gasteiger partial charge is 0.334 e. The van der Waals surface area contributed by atoms with Gasteiger partial charge in [-0.2, -0.15) is 0 Å². The molecule has 1 aliphatic heterocycles. The molecule has 2 aromatic heterocycles. The average molecular weight is 316 g/mol. The number of aromatic amines is 1. The Morgan fingerprint density at radius 1 is 1.43 bits per heavy atom. The van der Waals surface area contributed by atoms with Crippen LogP contribution in [-0.2, 0) is 9.53 Å². The molecule has 23 heavy (non-hydrogen) atoms. The number of aromatic nitrogens is 3. The van der Waals surface area contributed by atoms with Crippen molar-refractivity contribution < 1.29 is 19.0 Å². The number of ether oxygens (including phenoxy) is 1. The van der Waals surface area contributed by atoms with Crippen LogP contribution in [0.4, 0.5) is 10.2 Å². The number of carboxylic acid groups (broad SMARTS) is 1. The minimum absolute atomic E-state index is 0.204. The first-order valence-corrected chi connectivity index (χ1v) is 7.15. The maximum Gasteiger partial charge on any atom is 0.334 e. The van der Waals surface area contributed by atoms with Gasteiger partial charge in [0.05, 0.1) is 24.1 Å². The van der Waals surface area contributed by atoms with Crippen LogP contribution in [0.15, 0.2) is 24.5 Å². The van der Waals surface area contributed by atoms with E-state index in [9.17, 15) is 9.18 Å². The number of fused-ring (bicyclic) bond motifs is 3. The molecule has 1 unspecified atom stereocenters.